The van der Waals surface area contributed by atoms with Crippen LogP contribution in [-0.4, -0.2) is 45.7 Å². The van der Waals surface area contributed by atoms with E-state index in [1.807, 2.05) is 13.0 Å². The van der Waals surface area contributed by atoms with Gasteiger partial charge in [0, 0.05) is 13.0 Å². The minimum absolute atomic E-state index is 0.0904. The topological polar surface area (TPSA) is 77.8 Å². The summed E-state index contributed by atoms with van der Waals surface area (Å²) in [5.74, 6) is -1.37. The lowest BCUT2D eigenvalue weighted by Gasteiger charge is -2.20. The van der Waals surface area contributed by atoms with Gasteiger partial charge in [0.05, 0.1) is 11.0 Å². The molecule has 92 valence electrons. The highest BCUT2D eigenvalue weighted by Gasteiger charge is 2.39. The fourth-order valence-corrected chi connectivity index (χ4v) is 2.87. The van der Waals surface area contributed by atoms with Crippen molar-refractivity contribution in [1.29, 1.82) is 0 Å². The zero-order valence-electron chi connectivity index (χ0n) is 9.29. The van der Waals surface area contributed by atoms with Crippen LogP contribution >= 0.6 is 11.3 Å². The monoisotopic (exact) mass is 255 g/mol. The first kappa shape index (κ1) is 12.1. The molecule has 0 bridgehead atoms. The van der Waals surface area contributed by atoms with Crippen LogP contribution in [-0.2, 0) is 4.79 Å². The molecule has 1 saturated heterocycles. The van der Waals surface area contributed by atoms with Crippen molar-refractivity contribution in [2.75, 3.05) is 6.54 Å². The lowest BCUT2D eigenvalue weighted by Crippen LogP contribution is -2.40. The number of thiophene rings is 1. The minimum Gasteiger partial charge on any atom is -0.480 e. The van der Waals surface area contributed by atoms with E-state index in [1.54, 1.807) is 5.38 Å². The molecule has 1 aromatic heterocycles. The number of aliphatic carboxylic acids is 1. The molecular weight excluding hydrogens is 242 g/mol. The fraction of sp³-hybridized carbons (Fsp3) is 0.455. The number of likely N-dealkylation sites (tertiary alicyclic amines) is 1. The minimum atomic E-state index is -1.07. The van der Waals surface area contributed by atoms with E-state index in [1.165, 1.54) is 16.2 Å². The largest absolute Gasteiger partial charge is 0.480 e. The number of amides is 1. The Labute approximate surface area is 102 Å². The number of carbonyl (C=O) groups excluding carboxylic acids is 1. The van der Waals surface area contributed by atoms with Crippen molar-refractivity contribution in [2.24, 2.45) is 0 Å². The van der Waals surface area contributed by atoms with Crippen LogP contribution in [0.1, 0.15) is 21.7 Å². The molecule has 5 nitrogen and oxygen atoms in total. The molecule has 1 aromatic rings. The van der Waals surface area contributed by atoms with Crippen molar-refractivity contribution in [1.82, 2.24) is 4.90 Å². The molecule has 0 spiro atoms. The first-order chi connectivity index (χ1) is 8.00. The van der Waals surface area contributed by atoms with E-state index in [2.05, 4.69) is 0 Å². The van der Waals surface area contributed by atoms with Crippen LogP contribution in [0.25, 0.3) is 0 Å². The van der Waals surface area contributed by atoms with Crippen LogP contribution in [0.3, 0.4) is 0 Å². The summed E-state index contributed by atoms with van der Waals surface area (Å²) in [7, 11) is 0. The number of aryl methyl sites for hydroxylation is 1. The van der Waals surface area contributed by atoms with Gasteiger partial charge in [-0.3, -0.25) is 4.79 Å². The number of nitrogens with zero attached hydrogens (tertiary/aromatic N) is 1. The van der Waals surface area contributed by atoms with Gasteiger partial charge in [0.2, 0.25) is 0 Å². The number of aliphatic hydroxyl groups excluding tert-OH is 1. The Morgan fingerprint density at radius 3 is 2.76 bits per heavy atom. The summed E-state index contributed by atoms with van der Waals surface area (Å²) in [6.45, 7) is 1.90. The highest BCUT2D eigenvalue weighted by atomic mass is 32.1. The maximum atomic E-state index is 12.2. The molecular formula is C11H13NO4S. The van der Waals surface area contributed by atoms with Crippen molar-refractivity contribution in [2.45, 2.75) is 25.5 Å². The van der Waals surface area contributed by atoms with E-state index in [9.17, 15) is 14.7 Å². The molecule has 0 aromatic carbocycles. The van der Waals surface area contributed by atoms with Gasteiger partial charge in [-0.05, 0) is 23.9 Å². The third-order valence-corrected chi connectivity index (χ3v) is 3.89. The molecule has 0 radical (unpaired) electrons. The number of hydrogen-bond acceptors (Lipinski definition) is 4. The average Bonchev–Trinajstić information content (AvgIpc) is 2.83. The number of carbonyl (C=O) groups is 2. The van der Waals surface area contributed by atoms with Crippen molar-refractivity contribution in [3.8, 4) is 0 Å². The first-order valence-corrected chi connectivity index (χ1v) is 6.14. The number of carboxylic acid groups (broad SMARTS) is 1. The van der Waals surface area contributed by atoms with E-state index < -0.39 is 18.1 Å². The third kappa shape index (κ3) is 2.18. The molecule has 1 aliphatic heterocycles. The highest BCUT2D eigenvalue weighted by Crippen LogP contribution is 2.24. The summed E-state index contributed by atoms with van der Waals surface area (Å²) in [5, 5.41) is 20.3. The molecule has 2 atom stereocenters. The zero-order chi connectivity index (χ0) is 12.6. The van der Waals surface area contributed by atoms with Gasteiger partial charge in [-0.2, -0.15) is 0 Å². The van der Waals surface area contributed by atoms with Gasteiger partial charge in [0.1, 0.15) is 6.04 Å². The second kappa shape index (κ2) is 4.46. The lowest BCUT2D eigenvalue weighted by molar-refractivity contribution is -0.141. The van der Waals surface area contributed by atoms with Gasteiger partial charge in [-0.25, -0.2) is 4.79 Å². The molecule has 1 aliphatic rings. The molecule has 0 saturated carbocycles. The Balaban J connectivity index is 2.25. The summed E-state index contributed by atoms with van der Waals surface area (Å²) in [6, 6.07) is 0.902. The number of hydrogen-bond donors (Lipinski definition) is 2. The van der Waals surface area contributed by atoms with Gasteiger partial charge in [0.25, 0.3) is 5.91 Å². The molecule has 2 rings (SSSR count). The number of rotatable bonds is 2. The Bertz CT molecular complexity index is 456. The Hall–Kier alpha value is -1.40. The van der Waals surface area contributed by atoms with Crippen molar-refractivity contribution in [3.05, 3.63) is 21.9 Å². The van der Waals surface area contributed by atoms with Crippen molar-refractivity contribution < 1.29 is 19.8 Å². The smallest absolute Gasteiger partial charge is 0.326 e. The van der Waals surface area contributed by atoms with Crippen molar-refractivity contribution in [3.63, 3.8) is 0 Å². The molecule has 1 fully saturated rings. The Morgan fingerprint density at radius 1 is 1.53 bits per heavy atom. The predicted octanol–water partition coefficient (Wildman–Crippen LogP) is 0.717. The van der Waals surface area contributed by atoms with Crippen LogP contribution in [0.2, 0.25) is 0 Å². The number of aliphatic hydroxyl groups is 1. The molecule has 0 unspecified atom stereocenters. The van der Waals surface area contributed by atoms with Gasteiger partial charge in [-0.15, -0.1) is 11.3 Å². The summed E-state index contributed by atoms with van der Waals surface area (Å²) < 4.78 is 0. The summed E-state index contributed by atoms with van der Waals surface area (Å²) in [6.07, 6.45) is -0.647. The van der Waals surface area contributed by atoms with Gasteiger partial charge < -0.3 is 15.1 Å². The van der Waals surface area contributed by atoms with Crippen molar-refractivity contribution >= 4 is 23.2 Å². The average molecular weight is 255 g/mol. The van der Waals surface area contributed by atoms with Gasteiger partial charge in [0.15, 0.2) is 0 Å². The molecule has 2 N–H and O–H groups in total. The number of β-amino-alcohol motifs (C(OH)–C–C–N with tert-alkyl or cyclic N) is 1. The van der Waals surface area contributed by atoms with Crippen LogP contribution in [0.5, 0.6) is 0 Å². The first-order valence-electron chi connectivity index (χ1n) is 5.26. The standard InChI is InChI=1S/C11H13NO4S/c1-6-2-3-17-9(6)10(14)12-5-7(13)4-8(12)11(15)16/h2-3,7-8,13H,4-5H2,1H3,(H,15,16)/t7-,8+/m1/s1. The van der Waals surface area contributed by atoms with Gasteiger partial charge >= 0.3 is 5.97 Å². The van der Waals surface area contributed by atoms with Crippen LogP contribution < -0.4 is 0 Å². The maximum Gasteiger partial charge on any atom is 0.326 e. The number of carboxylic acids is 1. The zero-order valence-corrected chi connectivity index (χ0v) is 10.1. The van der Waals surface area contributed by atoms with E-state index in [0.717, 1.165) is 5.56 Å². The van der Waals surface area contributed by atoms with Gasteiger partial charge in [-0.1, -0.05) is 0 Å². The molecule has 17 heavy (non-hydrogen) atoms. The predicted molar refractivity (Wildman–Crippen MR) is 62.1 cm³/mol. The molecule has 2 heterocycles. The van der Waals surface area contributed by atoms with E-state index in [0.29, 0.717) is 4.88 Å². The second-order valence-corrected chi connectivity index (χ2v) is 5.05. The SMILES string of the molecule is Cc1ccsc1C(=O)N1C[C@H](O)C[C@H]1C(=O)O. The molecule has 1 amide bonds. The lowest BCUT2D eigenvalue weighted by atomic mass is 10.2. The second-order valence-electron chi connectivity index (χ2n) is 4.13. The van der Waals surface area contributed by atoms with E-state index >= 15 is 0 Å². The quantitative estimate of drug-likeness (QED) is 0.816. The molecule has 0 aliphatic carbocycles. The van der Waals surface area contributed by atoms with Crippen LogP contribution in [0.15, 0.2) is 11.4 Å². The maximum absolute atomic E-state index is 12.2. The van der Waals surface area contributed by atoms with E-state index in [4.69, 9.17) is 5.11 Å². The highest BCUT2D eigenvalue weighted by molar-refractivity contribution is 7.12. The van der Waals surface area contributed by atoms with Crippen LogP contribution in [0, 0.1) is 6.92 Å². The van der Waals surface area contributed by atoms with Crippen LogP contribution in [0.4, 0.5) is 0 Å². The third-order valence-electron chi connectivity index (χ3n) is 2.88. The Kier molecular flexibility index (Phi) is 3.17. The normalized spacial score (nSPS) is 24.0. The summed E-state index contributed by atoms with van der Waals surface area (Å²) in [4.78, 5) is 25.0. The van der Waals surface area contributed by atoms with E-state index in [-0.39, 0.29) is 18.9 Å². The summed E-state index contributed by atoms with van der Waals surface area (Å²) in [5.41, 5.74) is 0.838. The molecule has 6 heteroatoms. The summed E-state index contributed by atoms with van der Waals surface area (Å²) >= 11 is 1.29. The Morgan fingerprint density at radius 2 is 2.24 bits per heavy atom. The fourth-order valence-electron chi connectivity index (χ4n) is 1.99.